The molecule has 7 nitrogen and oxygen atoms in total. The molecular weight excluding hydrogens is 286 g/mol. The van der Waals surface area contributed by atoms with Crippen molar-refractivity contribution in [3.05, 3.63) is 11.0 Å². The van der Waals surface area contributed by atoms with Gasteiger partial charge in [-0.25, -0.2) is 4.79 Å². The van der Waals surface area contributed by atoms with Crippen LogP contribution in [0.25, 0.3) is 0 Å². The molecule has 0 aromatic heterocycles. The molecule has 0 fully saturated rings. The zero-order chi connectivity index (χ0) is 15.3. The molecule has 1 rings (SSSR count). The van der Waals surface area contributed by atoms with Crippen LogP contribution in [0.3, 0.4) is 0 Å². The third kappa shape index (κ3) is 4.06. The molecule has 4 N–H and O–H groups in total. The van der Waals surface area contributed by atoms with E-state index >= 15 is 0 Å². The van der Waals surface area contributed by atoms with Gasteiger partial charge in [-0.05, 0) is 19.8 Å². The van der Waals surface area contributed by atoms with Gasteiger partial charge in [0.05, 0.1) is 6.10 Å². The van der Waals surface area contributed by atoms with Crippen LogP contribution in [0.2, 0.25) is 0 Å². The lowest BCUT2D eigenvalue weighted by molar-refractivity contribution is -0.145. The Morgan fingerprint density at radius 2 is 2.10 bits per heavy atom. The Bertz CT molecular complexity index is 445. The minimum Gasteiger partial charge on any atom is -0.481 e. The normalized spacial score (nSPS) is 23.4. The van der Waals surface area contributed by atoms with Gasteiger partial charge in [0.1, 0.15) is 11.3 Å². The maximum atomic E-state index is 11.1. The number of rotatable bonds is 7. The standard InChI is InChI=1S/C12H17NO6S/c1-6(15)8(11(16)17)10-13-9(12(18)19)7(20-10)4-2-3-5-14/h4,6,8,10,14-15H,2-3,5H2,1H3,(H,16,17)(H,18,19)/b7-4+/t6-,8-,10?/m1/s1. The van der Waals surface area contributed by atoms with Crippen LogP contribution in [-0.4, -0.2) is 56.2 Å². The monoisotopic (exact) mass is 303 g/mol. The van der Waals surface area contributed by atoms with Crippen LogP contribution in [0.4, 0.5) is 0 Å². The quantitative estimate of drug-likeness (QED) is 0.499. The number of thioether (sulfide) groups is 1. The second-order valence-electron chi connectivity index (χ2n) is 4.33. The van der Waals surface area contributed by atoms with Gasteiger partial charge in [0.2, 0.25) is 0 Å². The first-order chi connectivity index (χ1) is 9.38. The first-order valence-corrected chi connectivity index (χ1v) is 6.96. The lowest BCUT2D eigenvalue weighted by Gasteiger charge is -2.18. The fourth-order valence-corrected chi connectivity index (χ4v) is 3.13. The smallest absolute Gasteiger partial charge is 0.355 e. The van der Waals surface area contributed by atoms with Crippen LogP contribution in [0.1, 0.15) is 19.8 Å². The highest BCUT2D eigenvalue weighted by molar-refractivity contribution is 8.05. The number of nitrogens with zero attached hydrogens (tertiary/aromatic N) is 1. The van der Waals surface area contributed by atoms with Crippen LogP contribution in [0.5, 0.6) is 0 Å². The maximum Gasteiger partial charge on any atom is 0.355 e. The van der Waals surface area contributed by atoms with Crippen molar-refractivity contribution in [2.75, 3.05) is 6.61 Å². The van der Waals surface area contributed by atoms with E-state index in [9.17, 15) is 14.7 Å². The fraction of sp³-hybridized carbons (Fsp3) is 0.583. The Kier molecular flexibility index (Phi) is 6.18. The molecule has 0 radical (unpaired) electrons. The van der Waals surface area contributed by atoms with Gasteiger partial charge >= 0.3 is 11.9 Å². The number of carbonyl (C=O) groups is 2. The van der Waals surface area contributed by atoms with E-state index in [2.05, 4.69) is 4.99 Å². The highest BCUT2D eigenvalue weighted by atomic mass is 32.2. The van der Waals surface area contributed by atoms with E-state index in [1.165, 1.54) is 6.92 Å². The Labute approximate surface area is 120 Å². The van der Waals surface area contributed by atoms with Crippen LogP contribution >= 0.6 is 11.8 Å². The zero-order valence-corrected chi connectivity index (χ0v) is 11.7. The highest BCUT2D eigenvalue weighted by Gasteiger charge is 2.39. The van der Waals surface area contributed by atoms with Crippen molar-refractivity contribution in [2.24, 2.45) is 10.9 Å². The molecule has 0 aromatic carbocycles. The summed E-state index contributed by atoms with van der Waals surface area (Å²) in [5, 5.41) is 35.5. The number of aliphatic carboxylic acids is 2. The van der Waals surface area contributed by atoms with Gasteiger partial charge in [0, 0.05) is 11.5 Å². The lowest BCUT2D eigenvalue weighted by Crippen LogP contribution is -2.33. The third-order valence-corrected chi connectivity index (χ3v) is 4.00. The predicted octanol–water partition coefficient (Wildman–Crippen LogP) is 0.323. The van der Waals surface area contributed by atoms with E-state index in [1.807, 2.05) is 0 Å². The average molecular weight is 303 g/mol. The summed E-state index contributed by atoms with van der Waals surface area (Å²) in [7, 11) is 0. The summed E-state index contributed by atoms with van der Waals surface area (Å²) in [6, 6.07) is 0. The summed E-state index contributed by atoms with van der Waals surface area (Å²) < 4.78 is 0. The van der Waals surface area contributed by atoms with E-state index in [0.717, 1.165) is 11.8 Å². The Morgan fingerprint density at radius 1 is 1.45 bits per heavy atom. The van der Waals surface area contributed by atoms with Gasteiger partial charge in [-0.2, -0.15) is 0 Å². The van der Waals surface area contributed by atoms with Crippen molar-refractivity contribution >= 4 is 29.4 Å². The topological polar surface area (TPSA) is 127 Å². The molecule has 0 saturated carbocycles. The van der Waals surface area contributed by atoms with Gasteiger partial charge in [-0.3, -0.25) is 9.79 Å². The SMILES string of the molecule is C[C@@H](O)[C@@H](C(=O)O)C1N=C(C(=O)O)/C(=C\CCCO)S1. The second kappa shape index (κ2) is 7.41. The van der Waals surface area contributed by atoms with Crippen molar-refractivity contribution in [3.63, 3.8) is 0 Å². The molecule has 112 valence electrons. The molecule has 8 heteroatoms. The molecule has 0 spiro atoms. The molecular formula is C12H17NO6S. The van der Waals surface area contributed by atoms with Gasteiger partial charge in [0.15, 0.2) is 5.71 Å². The van der Waals surface area contributed by atoms with Gasteiger partial charge in [-0.1, -0.05) is 17.8 Å². The summed E-state index contributed by atoms with van der Waals surface area (Å²) in [4.78, 5) is 26.5. The average Bonchev–Trinajstić information content (AvgIpc) is 2.72. The van der Waals surface area contributed by atoms with Crippen LogP contribution in [-0.2, 0) is 9.59 Å². The summed E-state index contributed by atoms with van der Waals surface area (Å²) in [5.74, 6) is -3.62. The Morgan fingerprint density at radius 3 is 2.55 bits per heavy atom. The second-order valence-corrected chi connectivity index (χ2v) is 5.49. The molecule has 0 aromatic rings. The summed E-state index contributed by atoms with van der Waals surface area (Å²) in [5.41, 5.74) is -0.190. The van der Waals surface area contributed by atoms with Crippen molar-refractivity contribution in [2.45, 2.75) is 31.2 Å². The molecule has 0 aliphatic carbocycles. The largest absolute Gasteiger partial charge is 0.481 e. The van der Waals surface area contributed by atoms with Crippen LogP contribution in [0.15, 0.2) is 16.0 Å². The van der Waals surface area contributed by atoms with E-state index in [1.54, 1.807) is 6.08 Å². The number of allylic oxidation sites excluding steroid dienone is 1. The number of aliphatic imine (C=N–C) groups is 1. The predicted molar refractivity (Wildman–Crippen MR) is 73.7 cm³/mol. The van der Waals surface area contributed by atoms with E-state index in [-0.39, 0.29) is 12.3 Å². The molecule has 1 aliphatic heterocycles. The van der Waals surface area contributed by atoms with Gasteiger partial charge in [0.25, 0.3) is 0 Å². The number of carboxylic acids is 2. The molecule has 1 heterocycles. The van der Waals surface area contributed by atoms with Gasteiger partial charge < -0.3 is 20.4 Å². The lowest BCUT2D eigenvalue weighted by atomic mass is 10.0. The number of unbranched alkanes of at least 4 members (excludes halogenated alkanes) is 1. The Balaban J connectivity index is 2.96. The van der Waals surface area contributed by atoms with Crippen LogP contribution in [0, 0.1) is 5.92 Å². The molecule has 1 unspecified atom stereocenters. The number of carboxylic acid groups (broad SMARTS) is 2. The van der Waals surface area contributed by atoms with E-state index in [0.29, 0.717) is 17.7 Å². The first kappa shape index (κ1) is 16.7. The minimum atomic E-state index is -1.23. The number of hydrogen-bond donors (Lipinski definition) is 4. The van der Waals surface area contributed by atoms with Crippen molar-refractivity contribution in [3.8, 4) is 0 Å². The fourth-order valence-electron chi connectivity index (χ4n) is 1.75. The van der Waals surface area contributed by atoms with Crippen molar-refractivity contribution in [1.29, 1.82) is 0 Å². The zero-order valence-electron chi connectivity index (χ0n) is 10.9. The number of hydrogen-bond acceptors (Lipinski definition) is 6. The number of aliphatic hydroxyl groups excluding tert-OH is 2. The number of aliphatic hydroxyl groups is 2. The highest BCUT2D eigenvalue weighted by Crippen LogP contribution is 2.37. The van der Waals surface area contributed by atoms with Crippen LogP contribution < -0.4 is 0 Å². The van der Waals surface area contributed by atoms with Crippen molar-refractivity contribution in [1.82, 2.24) is 0 Å². The van der Waals surface area contributed by atoms with Gasteiger partial charge in [-0.15, -0.1) is 0 Å². The molecule has 0 saturated heterocycles. The molecule has 0 bridgehead atoms. The molecule has 1 aliphatic rings. The summed E-state index contributed by atoms with van der Waals surface area (Å²) in [6.45, 7) is 1.33. The maximum absolute atomic E-state index is 11.1. The molecule has 3 atom stereocenters. The molecule has 20 heavy (non-hydrogen) atoms. The van der Waals surface area contributed by atoms with E-state index in [4.69, 9.17) is 15.3 Å². The Hall–Kier alpha value is -1.38. The summed E-state index contributed by atoms with van der Waals surface area (Å²) in [6.07, 6.45) is 1.44. The minimum absolute atomic E-state index is 0.0111. The summed E-state index contributed by atoms with van der Waals surface area (Å²) >= 11 is 1.02. The van der Waals surface area contributed by atoms with E-state index < -0.39 is 29.3 Å². The third-order valence-electron chi connectivity index (χ3n) is 2.74. The van der Waals surface area contributed by atoms with Crippen molar-refractivity contribution < 1.29 is 30.0 Å². The molecule has 0 amide bonds. The first-order valence-electron chi connectivity index (χ1n) is 6.08.